The Morgan fingerprint density at radius 2 is 2.05 bits per heavy atom. The van der Waals surface area contributed by atoms with Gasteiger partial charge >= 0.3 is 0 Å². The minimum atomic E-state index is -0.162. The Bertz CT molecular complexity index is 614. The quantitative estimate of drug-likeness (QED) is 0.582. The number of anilines is 1. The second kappa shape index (κ2) is 5.30. The lowest BCUT2D eigenvalue weighted by atomic mass is 10.1. The first-order valence-corrected chi connectivity index (χ1v) is 6.56. The molecule has 0 radical (unpaired) electrons. The van der Waals surface area contributed by atoms with Gasteiger partial charge in [-0.1, -0.05) is 30.3 Å². The topological polar surface area (TPSA) is 80.0 Å². The van der Waals surface area contributed by atoms with Gasteiger partial charge in [0.2, 0.25) is 0 Å². The van der Waals surface area contributed by atoms with E-state index in [2.05, 4.69) is 27.9 Å². The Balaban J connectivity index is 1.63. The largest absolute Gasteiger partial charge is 0.347 e. The Morgan fingerprint density at radius 1 is 1.25 bits per heavy atom. The third-order valence-corrected chi connectivity index (χ3v) is 3.49. The van der Waals surface area contributed by atoms with Crippen LogP contribution in [-0.2, 0) is 0 Å². The van der Waals surface area contributed by atoms with E-state index in [1.165, 1.54) is 5.56 Å². The van der Waals surface area contributed by atoms with E-state index in [-0.39, 0.29) is 11.9 Å². The molecular weight excluding hydrogens is 252 g/mol. The molecule has 20 heavy (non-hydrogen) atoms. The van der Waals surface area contributed by atoms with Crippen molar-refractivity contribution in [2.24, 2.45) is 5.84 Å². The summed E-state index contributed by atoms with van der Waals surface area (Å²) >= 11 is 0. The number of benzene rings is 1. The van der Waals surface area contributed by atoms with Gasteiger partial charge in [0.25, 0.3) is 5.91 Å². The molecule has 2 aromatic rings. The lowest BCUT2D eigenvalue weighted by Crippen LogP contribution is -2.27. The van der Waals surface area contributed by atoms with Gasteiger partial charge in [0.05, 0.1) is 5.69 Å². The van der Waals surface area contributed by atoms with Crippen molar-refractivity contribution in [1.29, 1.82) is 0 Å². The van der Waals surface area contributed by atoms with Crippen LogP contribution in [0.5, 0.6) is 0 Å². The van der Waals surface area contributed by atoms with E-state index >= 15 is 0 Å². The summed E-state index contributed by atoms with van der Waals surface area (Å²) in [5.41, 5.74) is 4.81. The van der Waals surface area contributed by atoms with Crippen LogP contribution < -0.4 is 16.6 Å². The third-order valence-electron chi connectivity index (χ3n) is 3.49. The highest BCUT2D eigenvalue weighted by molar-refractivity contribution is 5.93. The summed E-state index contributed by atoms with van der Waals surface area (Å²) in [7, 11) is 0. The SMILES string of the molecule is NNc1ccnc(C(=O)NC2CC2c2ccccc2)c1. The molecule has 2 atom stereocenters. The second-order valence-corrected chi connectivity index (χ2v) is 4.91. The van der Waals surface area contributed by atoms with Gasteiger partial charge in [0, 0.05) is 18.2 Å². The predicted octanol–water partition coefficient (Wildman–Crippen LogP) is 1.65. The number of hydrogen-bond acceptors (Lipinski definition) is 4. The predicted molar refractivity (Wildman–Crippen MR) is 77.1 cm³/mol. The molecule has 5 heteroatoms. The molecule has 1 aliphatic rings. The molecule has 1 fully saturated rings. The van der Waals surface area contributed by atoms with Crippen LogP contribution in [-0.4, -0.2) is 16.9 Å². The Kier molecular flexibility index (Phi) is 3.35. The number of pyridine rings is 1. The highest BCUT2D eigenvalue weighted by Crippen LogP contribution is 2.40. The van der Waals surface area contributed by atoms with Crippen LogP contribution in [0.2, 0.25) is 0 Å². The first-order valence-electron chi connectivity index (χ1n) is 6.56. The number of amides is 1. The smallest absolute Gasteiger partial charge is 0.270 e. The monoisotopic (exact) mass is 268 g/mol. The van der Waals surface area contributed by atoms with E-state index in [9.17, 15) is 4.79 Å². The van der Waals surface area contributed by atoms with Crippen LogP contribution >= 0.6 is 0 Å². The molecule has 1 aromatic heterocycles. The molecule has 102 valence electrons. The summed E-state index contributed by atoms with van der Waals surface area (Å²) in [6.07, 6.45) is 2.54. The molecule has 0 aliphatic heterocycles. The van der Waals surface area contributed by atoms with Gasteiger partial charge in [0.15, 0.2) is 0 Å². The summed E-state index contributed by atoms with van der Waals surface area (Å²) in [5.74, 6) is 5.57. The molecule has 2 unspecified atom stereocenters. The maximum atomic E-state index is 12.1. The number of hydrazine groups is 1. The molecule has 1 aliphatic carbocycles. The van der Waals surface area contributed by atoms with Gasteiger partial charge in [-0.05, 0) is 24.1 Å². The number of carbonyl (C=O) groups excluding carboxylic acids is 1. The molecular formula is C15H16N4O. The van der Waals surface area contributed by atoms with E-state index < -0.39 is 0 Å². The molecule has 1 saturated carbocycles. The van der Waals surface area contributed by atoms with Gasteiger partial charge in [-0.3, -0.25) is 15.6 Å². The van der Waals surface area contributed by atoms with Crippen molar-refractivity contribution < 1.29 is 4.79 Å². The number of hydrogen-bond donors (Lipinski definition) is 3. The second-order valence-electron chi connectivity index (χ2n) is 4.91. The van der Waals surface area contributed by atoms with Crippen LogP contribution in [0.1, 0.15) is 28.4 Å². The summed E-state index contributed by atoms with van der Waals surface area (Å²) < 4.78 is 0. The number of nitrogens with two attached hydrogens (primary N) is 1. The van der Waals surface area contributed by atoms with Gasteiger partial charge in [0.1, 0.15) is 5.69 Å². The van der Waals surface area contributed by atoms with Crippen molar-refractivity contribution in [3.63, 3.8) is 0 Å². The lowest BCUT2D eigenvalue weighted by Gasteiger charge is -2.06. The molecule has 1 amide bonds. The zero-order valence-corrected chi connectivity index (χ0v) is 10.9. The average Bonchev–Trinajstić information content (AvgIpc) is 3.27. The number of carbonyl (C=O) groups is 1. The molecule has 1 heterocycles. The Hall–Kier alpha value is -2.40. The van der Waals surface area contributed by atoms with E-state index in [4.69, 9.17) is 5.84 Å². The number of nitrogens with zero attached hydrogens (tertiary/aromatic N) is 1. The van der Waals surface area contributed by atoms with E-state index in [1.807, 2.05) is 18.2 Å². The summed E-state index contributed by atoms with van der Waals surface area (Å²) in [6.45, 7) is 0. The highest BCUT2D eigenvalue weighted by Gasteiger charge is 2.39. The maximum absolute atomic E-state index is 12.1. The highest BCUT2D eigenvalue weighted by atomic mass is 16.2. The first-order chi connectivity index (χ1) is 9.78. The zero-order valence-electron chi connectivity index (χ0n) is 10.9. The fourth-order valence-electron chi connectivity index (χ4n) is 2.31. The van der Waals surface area contributed by atoms with Crippen molar-refractivity contribution in [2.75, 3.05) is 5.43 Å². The van der Waals surface area contributed by atoms with E-state index in [0.717, 1.165) is 6.42 Å². The molecule has 4 N–H and O–H groups in total. The molecule has 1 aromatic carbocycles. The number of nitrogens with one attached hydrogen (secondary N) is 2. The number of rotatable bonds is 4. The summed E-state index contributed by atoms with van der Waals surface area (Å²) in [5, 5.41) is 3.00. The van der Waals surface area contributed by atoms with Crippen LogP contribution in [0.4, 0.5) is 5.69 Å². The van der Waals surface area contributed by atoms with Gasteiger partial charge < -0.3 is 10.7 Å². The minimum Gasteiger partial charge on any atom is -0.347 e. The Labute approximate surface area is 117 Å². The fraction of sp³-hybridized carbons (Fsp3) is 0.200. The van der Waals surface area contributed by atoms with Crippen LogP contribution in [0.3, 0.4) is 0 Å². The number of nitrogen functional groups attached to an aromatic ring is 1. The molecule has 0 saturated heterocycles. The first kappa shape index (κ1) is 12.6. The fourth-order valence-corrected chi connectivity index (χ4v) is 2.31. The van der Waals surface area contributed by atoms with Gasteiger partial charge in [-0.2, -0.15) is 0 Å². The van der Waals surface area contributed by atoms with Gasteiger partial charge in [-0.25, -0.2) is 0 Å². The normalized spacial score (nSPS) is 20.2. The molecule has 0 bridgehead atoms. The van der Waals surface area contributed by atoms with Crippen LogP contribution in [0, 0.1) is 0 Å². The average molecular weight is 268 g/mol. The maximum Gasteiger partial charge on any atom is 0.270 e. The van der Waals surface area contributed by atoms with Crippen molar-refractivity contribution in [3.8, 4) is 0 Å². The van der Waals surface area contributed by atoms with E-state index in [1.54, 1.807) is 18.3 Å². The van der Waals surface area contributed by atoms with Crippen molar-refractivity contribution in [3.05, 3.63) is 59.9 Å². The molecule has 5 nitrogen and oxygen atoms in total. The summed E-state index contributed by atoms with van der Waals surface area (Å²) in [4.78, 5) is 16.2. The van der Waals surface area contributed by atoms with Crippen molar-refractivity contribution in [2.45, 2.75) is 18.4 Å². The zero-order chi connectivity index (χ0) is 13.9. The number of aromatic nitrogens is 1. The van der Waals surface area contributed by atoms with Crippen molar-refractivity contribution in [1.82, 2.24) is 10.3 Å². The standard InChI is InChI=1S/C15H16N4O/c16-19-11-6-7-17-14(8-11)15(20)18-13-9-12(13)10-4-2-1-3-5-10/h1-8,12-13H,9,16H2,(H,17,19)(H,18,20). The molecule has 0 spiro atoms. The van der Waals surface area contributed by atoms with Crippen molar-refractivity contribution >= 4 is 11.6 Å². The molecule has 3 rings (SSSR count). The minimum absolute atomic E-state index is 0.162. The van der Waals surface area contributed by atoms with E-state index in [0.29, 0.717) is 17.3 Å². The van der Waals surface area contributed by atoms with Crippen LogP contribution in [0.25, 0.3) is 0 Å². The summed E-state index contributed by atoms with van der Waals surface area (Å²) in [6, 6.07) is 13.8. The van der Waals surface area contributed by atoms with Crippen LogP contribution in [0.15, 0.2) is 48.7 Å². The lowest BCUT2D eigenvalue weighted by molar-refractivity contribution is 0.0945. The Morgan fingerprint density at radius 3 is 2.80 bits per heavy atom. The third kappa shape index (κ3) is 2.62. The van der Waals surface area contributed by atoms with Gasteiger partial charge in [-0.15, -0.1) is 0 Å².